The summed E-state index contributed by atoms with van der Waals surface area (Å²) in [6.45, 7) is 1.80. The molecule has 1 unspecified atom stereocenters. The second-order valence-corrected chi connectivity index (χ2v) is 11.7. The zero-order valence-corrected chi connectivity index (χ0v) is 26.2. The maximum Gasteiger partial charge on any atom is 0.405 e. The number of ether oxygens (including phenoxy) is 1. The van der Waals surface area contributed by atoms with E-state index in [9.17, 15) is 24.9 Å². The van der Waals surface area contributed by atoms with Crippen LogP contribution in [-0.4, -0.2) is 46.1 Å². The van der Waals surface area contributed by atoms with Gasteiger partial charge >= 0.3 is 6.09 Å². The Labute approximate surface area is 265 Å². The fourth-order valence-electron chi connectivity index (χ4n) is 5.27. The number of phenolic OH excluding ortho intramolecular Hbond substituents is 1. The van der Waals surface area contributed by atoms with Crippen LogP contribution in [0.2, 0.25) is 0 Å². The number of aliphatic hydroxyl groups is 1. The molecule has 0 aliphatic carbocycles. The van der Waals surface area contributed by atoms with Gasteiger partial charge in [0.1, 0.15) is 11.5 Å². The van der Waals surface area contributed by atoms with Crippen molar-refractivity contribution in [3.05, 3.63) is 104 Å². The summed E-state index contributed by atoms with van der Waals surface area (Å²) in [7, 11) is 0. The Morgan fingerprint density at radius 3 is 2.36 bits per heavy atom. The molecule has 0 spiro atoms. The highest BCUT2D eigenvalue weighted by Crippen LogP contribution is 2.32. The number of carboxylic acid groups (broad SMARTS) is 1. The Hall–Kier alpha value is -3.86. The molecule has 0 saturated heterocycles. The first-order chi connectivity index (χ1) is 21.3. The largest absolute Gasteiger partial charge is 0.506 e. The van der Waals surface area contributed by atoms with Gasteiger partial charge in [0.05, 0.1) is 24.3 Å². The Kier molecular flexibility index (Phi) is 12.6. The number of hydrogen-bond donors (Lipinski definition) is 6. The molecule has 0 aliphatic heterocycles. The van der Waals surface area contributed by atoms with E-state index in [1.807, 2.05) is 48.5 Å². The molecule has 1 aromatic heterocycles. The summed E-state index contributed by atoms with van der Waals surface area (Å²) in [6, 6.07) is 20.8. The van der Waals surface area contributed by atoms with Crippen LogP contribution in [0.25, 0.3) is 10.9 Å². The smallest absolute Gasteiger partial charge is 0.405 e. The molecular weight excluding hydrogens is 626 g/mol. The minimum absolute atomic E-state index is 0.0164. The number of carbonyl (C=O) groups is 1. The summed E-state index contributed by atoms with van der Waals surface area (Å²) < 4.78 is 6.81. The molecule has 2 atom stereocenters. The van der Waals surface area contributed by atoms with Gasteiger partial charge in [-0.15, -0.1) is 0 Å². The number of benzene rings is 3. The van der Waals surface area contributed by atoms with E-state index in [0.717, 1.165) is 67.1 Å². The highest BCUT2D eigenvalue weighted by molar-refractivity contribution is 9.10. The molecule has 44 heavy (non-hydrogen) atoms. The van der Waals surface area contributed by atoms with Gasteiger partial charge in [0.2, 0.25) is 5.56 Å². The predicted octanol–water partition coefficient (Wildman–Crippen LogP) is 6.79. The molecule has 1 heterocycles. The average molecular weight is 667 g/mol. The number of phenols is 1. The van der Waals surface area contributed by atoms with Crippen molar-refractivity contribution in [1.82, 2.24) is 15.6 Å². The number of pyridine rings is 1. The van der Waals surface area contributed by atoms with Crippen molar-refractivity contribution in [2.24, 2.45) is 0 Å². The Morgan fingerprint density at radius 1 is 0.886 bits per heavy atom. The van der Waals surface area contributed by atoms with Crippen LogP contribution in [0.4, 0.5) is 4.79 Å². The molecular formula is C34H40BrN3O6. The van der Waals surface area contributed by atoms with Crippen LogP contribution in [0.3, 0.4) is 0 Å². The first-order valence-electron chi connectivity index (χ1n) is 15.0. The first kappa shape index (κ1) is 33.0. The molecule has 0 aliphatic rings. The second-order valence-electron chi connectivity index (χ2n) is 10.8. The van der Waals surface area contributed by atoms with Crippen LogP contribution in [-0.2, 0) is 0 Å². The molecule has 0 saturated carbocycles. The highest BCUT2D eigenvalue weighted by atomic mass is 79.9. The topological polar surface area (TPSA) is 144 Å². The molecule has 4 rings (SSSR count). The molecule has 0 bridgehead atoms. The standard InChI is InChI=1S/C34H40BrN3O6/c35-28-16-13-24(21-27(28)32(38-34(42)43)23-11-7-6-8-12-23)44-20-10-5-3-1-2-4-9-19-36-22-30(40)25-14-17-29(39)33-26(25)15-18-31(41)37-33/h6-8,11-18,21,30,32,36,38-40H,1-5,9-10,19-20,22H2,(H,37,41)(H,42,43)/t30-,32?/m0/s1. The molecule has 0 radical (unpaired) electrons. The molecule has 3 aromatic carbocycles. The molecule has 4 aromatic rings. The quantitative estimate of drug-likeness (QED) is 0.0682. The Bertz CT molecular complexity index is 1560. The zero-order chi connectivity index (χ0) is 31.3. The van der Waals surface area contributed by atoms with Gasteiger partial charge in [0, 0.05) is 22.5 Å². The fourth-order valence-corrected chi connectivity index (χ4v) is 5.74. The minimum Gasteiger partial charge on any atom is -0.506 e. The van der Waals surface area contributed by atoms with Gasteiger partial charge in [-0.1, -0.05) is 84.4 Å². The molecule has 1 amide bonds. The Morgan fingerprint density at radius 2 is 1.61 bits per heavy atom. The lowest BCUT2D eigenvalue weighted by atomic mass is 9.98. The molecule has 234 valence electrons. The van der Waals surface area contributed by atoms with Crippen LogP contribution in [0.15, 0.2) is 82.1 Å². The van der Waals surface area contributed by atoms with Gasteiger partial charge in [-0.05, 0) is 66.4 Å². The van der Waals surface area contributed by atoms with Crippen molar-refractivity contribution in [3.63, 3.8) is 0 Å². The van der Waals surface area contributed by atoms with Crippen molar-refractivity contribution in [3.8, 4) is 11.5 Å². The van der Waals surface area contributed by atoms with Crippen LogP contribution in [0.5, 0.6) is 11.5 Å². The number of aromatic amines is 1. The lowest BCUT2D eigenvalue weighted by Gasteiger charge is -2.20. The zero-order valence-electron chi connectivity index (χ0n) is 24.6. The predicted molar refractivity (Wildman–Crippen MR) is 175 cm³/mol. The number of nitrogens with one attached hydrogen (secondary N) is 3. The summed E-state index contributed by atoms with van der Waals surface area (Å²) in [4.78, 5) is 25.7. The lowest BCUT2D eigenvalue weighted by Crippen LogP contribution is -2.27. The van der Waals surface area contributed by atoms with Gasteiger partial charge in [0.15, 0.2) is 0 Å². The van der Waals surface area contributed by atoms with Crippen LogP contribution in [0, 0.1) is 0 Å². The van der Waals surface area contributed by atoms with E-state index in [4.69, 9.17) is 4.74 Å². The van der Waals surface area contributed by atoms with Crippen molar-refractivity contribution < 1.29 is 24.9 Å². The van der Waals surface area contributed by atoms with E-state index in [-0.39, 0.29) is 11.3 Å². The molecule has 10 heteroatoms. The fraction of sp³-hybridized carbons (Fsp3) is 0.353. The van der Waals surface area contributed by atoms with Gasteiger partial charge in [0.25, 0.3) is 0 Å². The van der Waals surface area contributed by atoms with Crippen LogP contribution < -0.4 is 20.9 Å². The third-order valence-electron chi connectivity index (χ3n) is 7.55. The van der Waals surface area contributed by atoms with E-state index in [1.165, 1.54) is 12.1 Å². The molecule has 0 fully saturated rings. The SMILES string of the molecule is O=C(O)NC(c1ccccc1)c1cc(OCCCCCCCCCNC[C@H](O)c2ccc(O)c3[nH]c(=O)ccc23)ccc1Br. The lowest BCUT2D eigenvalue weighted by molar-refractivity contribution is 0.176. The third kappa shape index (κ3) is 9.57. The normalized spacial score (nSPS) is 12.6. The Balaban J connectivity index is 1.09. The minimum atomic E-state index is -1.09. The number of fused-ring (bicyclic) bond motifs is 1. The molecule has 9 nitrogen and oxygen atoms in total. The summed E-state index contributed by atoms with van der Waals surface area (Å²) in [6.07, 6.45) is 5.75. The number of hydrogen-bond acceptors (Lipinski definition) is 6. The summed E-state index contributed by atoms with van der Waals surface area (Å²) in [5.74, 6) is 0.694. The van der Waals surface area contributed by atoms with Crippen molar-refractivity contribution in [2.45, 2.75) is 57.1 Å². The summed E-state index contributed by atoms with van der Waals surface area (Å²) >= 11 is 3.56. The maximum absolute atomic E-state index is 11.6. The summed E-state index contributed by atoms with van der Waals surface area (Å²) in [5, 5.41) is 36.6. The summed E-state index contributed by atoms with van der Waals surface area (Å²) in [5.41, 5.74) is 2.35. The van der Waals surface area contributed by atoms with E-state index in [2.05, 4.69) is 31.5 Å². The average Bonchev–Trinajstić information content (AvgIpc) is 3.02. The van der Waals surface area contributed by atoms with Crippen molar-refractivity contribution in [1.29, 1.82) is 0 Å². The highest BCUT2D eigenvalue weighted by Gasteiger charge is 2.20. The number of H-pyrrole nitrogens is 1. The monoisotopic (exact) mass is 665 g/mol. The van der Waals surface area contributed by atoms with Gasteiger partial charge in [-0.2, -0.15) is 0 Å². The van der Waals surface area contributed by atoms with E-state index < -0.39 is 18.2 Å². The number of aliphatic hydroxyl groups excluding tert-OH is 1. The number of unbranched alkanes of at least 4 members (excludes halogenated alkanes) is 6. The van der Waals surface area contributed by atoms with E-state index in [1.54, 1.807) is 12.1 Å². The van der Waals surface area contributed by atoms with E-state index in [0.29, 0.717) is 35.4 Å². The van der Waals surface area contributed by atoms with Crippen LogP contribution in [0.1, 0.15) is 73.8 Å². The third-order valence-corrected chi connectivity index (χ3v) is 8.27. The van der Waals surface area contributed by atoms with Crippen LogP contribution >= 0.6 is 15.9 Å². The van der Waals surface area contributed by atoms with Gasteiger partial charge in [-0.25, -0.2) is 4.79 Å². The number of amides is 1. The van der Waals surface area contributed by atoms with Crippen molar-refractivity contribution in [2.75, 3.05) is 19.7 Å². The number of halogens is 1. The van der Waals surface area contributed by atoms with Crippen molar-refractivity contribution >= 4 is 32.9 Å². The number of rotatable bonds is 17. The second kappa shape index (κ2) is 16.8. The first-order valence-corrected chi connectivity index (χ1v) is 15.8. The number of aromatic hydroxyl groups is 1. The molecule has 6 N–H and O–H groups in total. The maximum atomic E-state index is 11.6. The van der Waals surface area contributed by atoms with Gasteiger partial charge < -0.3 is 35.7 Å². The number of aromatic nitrogens is 1. The van der Waals surface area contributed by atoms with E-state index >= 15 is 0 Å². The van der Waals surface area contributed by atoms with Gasteiger partial charge in [-0.3, -0.25) is 4.79 Å².